The third-order valence-electron chi connectivity index (χ3n) is 5.07. The van der Waals surface area contributed by atoms with Crippen molar-refractivity contribution in [3.8, 4) is 9.88 Å². The molecule has 0 spiro atoms. The van der Waals surface area contributed by atoms with Gasteiger partial charge in [-0.3, -0.25) is 9.59 Å². The second-order valence-corrected chi connectivity index (χ2v) is 9.00. The van der Waals surface area contributed by atoms with E-state index >= 15 is 0 Å². The fourth-order valence-electron chi connectivity index (χ4n) is 3.45. The van der Waals surface area contributed by atoms with Crippen molar-refractivity contribution in [2.75, 3.05) is 26.2 Å². The van der Waals surface area contributed by atoms with Crippen molar-refractivity contribution in [1.29, 1.82) is 0 Å². The minimum atomic E-state index is 0.0153. The van der Waals surface area contributed by atoms with Gasteiger partial charge in [0.15, 0.2) is 0 Å². The average Bonchev–Trinajstić information content (AvgIpc) is 3.46. The standard InChI is InChI=1S/C22H23N3O2S2/c26-20(10-4-8-17-6-2-1-3-7-17)24-11-13-25(14-12-24)22(27)19-16-23-21(29-19)18-9-5-15-28-18/h1-3,5-7,9,15-16H,4,8,10-14H2. The van der Waals surface area contributed by atoms with Crippen molar-refractivity contribution in [2.24, 2.45) is 0 Å². The minimum absolute atomic E-state index is 0.0153. The highest BCUT2D eigenvalue weighted by Gasteiger charge is 2.26. The van der Waals surface area contributed by atoms with E-state index < -0.39 is 0 Å². The number of aryl methyl sites for hydroxylation is 1. The number of thiophene rings is 1. The number of amides is 2. The SMILES string of the molecule is O=C(CCCc1ccccc1)N1CCN(C(=O)c2cnc(-c3cccs3)s2)CC1. The Balaban J connectivity index is 1.24. The van der Waals surface area contributed by atoms with Gasteiger partial charge in [0, 0.05) is 32.6 Å². The van der Waals surface area contributed by atoms with Crippen LogP contribution in [0.3, 0.4) is 0 Å². The van der Waals surface area contributed by atoms with E-state index in [1.165, 1.54) is 16.9 Å². The minimum Gasteiger partial charge on any atom is -0.339 e. The Hall–Kier alpha value is -2.51. The summed E-state index contributed by atoms with van der Waals surface area (Å²) in [5, 5.41) is 2.89. The van der Waals surface area contributed by atoms with Crippen molar-refractivity contribution in [1.82, 2.24) is 14.8 Å². The van der Waals surface area contributed by atoms with Crippen LogP contribution >= 0.6 is 22.7 Å². The van der Waals surface area contributed by atoms with Crippen LogP contribution in [0.15, 0.2) is 54.0 Å². The predicted octanol–water partition coefficient (Wildman–Crippen LogP) is 4.18. The number of thiazole rings is 1. The Morgan fingerprint density at radius 1 is 0.966 bits per heavy atom. The van der Waals surface area contributed by atoms with Crippen LogP contribution in [-0.4, -0.2) is 52.8 Å². The van der Waals surface area contributed by atoms with E-state index in [0.29, 0.717) is 37.5 Å². The number of benzene rings is 1. The highest BCUT2D eigenvalue weighted by Crippen LogP contribution is 2.29. The third-order valence-corrected chi connectivity index (χ3v) is 7.09. The molecule has 1 fully saturated rings. The number of carbonyl (C=O) groups excluding carboxylic acids is 2. The van der Waals surface area contributed by atoms with Gasteiger partial charge in [-0.2, -0.15) is 0 Å². The molecule has 0 bridgehead atoms. The maximum absolute atomic E-state index is 12.8. The molecule has 1 aromatic carbocycles. The second-order valence-electron chi connectivity index (χ2n) is 7.02. The summed E-state index contributed by atoms with van der Waals surface area (Å²) in [7, 11) is 0. The van der Waals surface area contributed by atoms with Crippen LogP contribution in [0.5, 0.6) is 0 Å². The molecule has 7 heteroatoms. The summed E-state index contributed by atoms with van der Waals surface area (Å²) in [4.78, 5) is 35.1. The first-order valence-corrected chi connectivity index (χ1v) is 11.5. The van der Waals surface area contributed by atoms with Crippen molar-refractivity contribution in [3.05, 3.63) is 64.5 Å². The van der Waals surface area contributed by atoms with Crippen molar-refractivity contribution < 1.29 is 9.59 Å². The molecule has 0 atom stereocenters. The van der Waals surface area contributed by atoms with Gasteiger partial charge in [-0.05, 0) is 29.9 Å². The van der Waals surface area contributed by atoms with E-state index in [2.05, 4.69) is 17.1 Å². The molecule has 4 rings (SSSR count). The van der Waals surface area contributed by atoms with Gasteiger partial charge in [-0.1, -0.05) is 36.4 Å². The van der Waals surface area contributed by atoms with Gasteiger partial charge in [0.1, 0.15) is 9.88 Å². The van der Waals surface area contributed by atoms with Gasteiger partial charge in [0.25, 0.3) is 5.91 Å². The first kappa shape index (κ1) is 19.8. The lowest BCUT2D eigenvalue weighted by Crippen LogP contribution is -2.50. The van der Waals surface area contributed by atoms with Crippen LogP contribution in [0.4, 0.5) is 0 Å². The lowest BCUT2D eigenvalue weighted by Gasteiger charge is -2.34. The average molecular weight is 426 g/mol. The van der Waals surface area contributed by atoms with Crippen molar-refractivity contribution in [2.45, 2.75) is 19.3 Å². The number of hydrogen-bond donors (Lipinski definition) is 0. The monoisotopic (exact) mass is 425 g/mol. The summed E-state index contributed by atoms with van der Waals surface area (Å²) in [6, 6.07) is 14.2. The van der Waals surface area contributed by atoms with Crippen LogP contribution in [0, 0.1) is 0 Å². The molecule has 0 aliphatic carbocycles. The summed E-state index contributed by atoms with van der Waals surface area (Å²) in [6.45, 7) is 2.37. The molecule has 1 aliphatic rings. The fourth-order valence-corrected chi connectivity index (χ4v) is 5.14. The summed E-state index contributed by atoms with van der Waals surface area (Å²) >= 11 is 3.06. The Labute approximate surface area is 178 Å². The van der Waals surface area contributed by atoms with Crippen LogP contribution in [0.2, 0.25) is 0 Å². The van der Waals surface area contributed by atoms with E-state index in [4.69, 9.17) is 0 Å². The van der Waals surface area contributed by atoms with Crippen LogP contribution in [0.1, 0.15) is 28.1 Å². The van der Waals surface area contributed by atoms with E-state index in [9.17, 15) is 9.59 Å². The molecule has 1 saturated heterocycles. The molecule has 0 N–H and O–H groups in total. The molecule has 3 heterocycles. The normalized spacial score (nSPS) is 14.2. The lowest BCUT2D eigenvalue weighted by molar-refractivity contribution is -0.132. The Bertz CT molecular complexity index is 946. The first-order chi connectivity index (χ1) is 14.2. The number of hydrogen-bond acceptors (Lipinski definition) is 5. The molecule has 1 aliphatic heterocycles. The third kappa shape index (κ3) is 4.92. The van der Waals surface area contributed by atoms with Gasteiger partial charge >= 0.3 is 0 Å². The van der Waals surface area contributed by atoms with Crippen LogP contribution < -0.4 is 0 Å². The van der Waals surface area contributed by atoms with E-state index in [0.717, 1.165) is 22.7 Å². The number of piperazine rings is 1. The molecule has 2 amide bonds. The Kier molecular flexibility index (Phi) is 6.36. The molecular formula is C22H23N3O2S2. The summed E-state index contributed by atoms with van der Waals surface area (Å²) in [5.41, 5.74) is 1.27. The van der Waals surface area contributed by atoms with Crippen molar-refractivity contribution in [3.63, 3.8) is 0 Å². The number of carbonyl (C=O) groups is 2. The molecule has 2 aromatic heterocycles. The van der Waals surface area contributed by atoms with E-state index in [-0.39, 0.29) is 11.8 Å². The van der Waals surface area contributed by atoms with Gasteiger partial charge in [0.05, 0.1) is 11.1 Å². The topological polar surface area (TPSA) is 53.5 Å². The molecule has 0 unspecified atom stereocenters. The molecule has 29 heavy (non-hydrogen) atoms. The highest BCUT2D eigenvalue weighted by atomic mass is 32.1. The molecule has 150 valence electrons. The fraction of sp³-hybridized carbons (Fsp3) is 0.318. The molecule has 5 nitrogen and oxygen atoms in total. The number of rotatable bonds is 6. The second kappa shape index (κ2) is 9.33. The Morgan fingerprint density at radius 2 is 1.72 bits per heavy atom. The van der Waals surface area contributed by atoms with Gasteiger partial charge in [0.2, 0.25) is 5.91 Å². The maximum Gasteiger partial charge on any atom is 0.265 e. The molecule has 0 saturated carbocycles. The zero-order chi connectivity index (χ0) is 20.1. The molecule has 0 radical (unpaired) electrons. The summed E-state index contributed by atoms with van der Waals surface area (Å²) < 4.78 is 0. The quantitative estimate of drug-likeness (QED) is 0.595. The molecule has 3 aromatic rings. The predicted molar refractivity (Wildman–Crippen MR) is 117 cm³/mol. The number of nitrogens with zero attached hydrogens (tertiary/aromatic N) is 3. The first-order valence-electron chi connectivity index (χ1n) is 9.81. The number of aromatic nitrogens is 1. The van der Waals surface area contributed by atoms with E-state index in [1.807, 2.05) is 45.5 Å². The van der Waals surface area contributed by atoms with Gasteiger partial charge < -0.3 is 9.80 Å². The largest absolute Gasteiger partial charge is 0.339 e. The lowest BCUT2D eigenvalue weighted by atomic mass is 10.1. The molecular weight excluding hydrogens is 402 g/mol. The summed E-state index contributed by atoms with van der Waals surface area (Å²) in [5.74, 6) is 0.201. The van der Waals surface area contributed by atoms with E-state index in [1.54, 1.807) is 17.5 Å². The smallest absolute Gasteiger partial charge is 0.265 e. The van der Waals surface area contributed by atoms with Crippen molar-refractivity contribution >= 4 is 34.5 Å². The van der Waals surface area contributed by atoms with Crippen LogP contribution in [-0.2, 0) is 11.2 Å². The van der Waals surface area contributed by atoms with Crippen LogP contribution in [0.25, 0.3) is 9.88 Å². The summed E-state index contributed by atoms with van der Waals surface area (Å²) in [6.07, 6.45) is 4.00. The van der Waals surface area contributed by atoms with Gasteiger partial charge in [-0.25, -0.2) is 4.98 Å². The highest BCUT2D eigenvalue weighted by molar-refractivity contribution is 7.21. The zero-order valence-corrected chi connectivity index (χ0v) is 17.8. The van der Waals surface area contributed by atoms with Gasteiger partial charge in [-0.15, -0.1) is 22.7 Å². The Morgan fingerprint density at radius 3 is 2.45 bits per heavy atom. The zero-order valence-electron chi connectivity index (χ0n) is 16.1. The maximum atomic E-state index is 12.8.